The third kappa shape index (κ3) is 5.11. The summed E-state index contributed by atoms with van der Waals surface area (Å²) in [5.74, 6) is 0.522. The highest BCUT2D eigenvalue weighted by atomic mass is 32.2. The largest absolute Gasteiger partial charge is 0.497 e. The summed E-state index contributed by atoms with van der Waals surface area (Å²) in [7, 11) is 0.301. The lowest BCUT2D eigenvalue weighted by Crippen LogP contribution is -2.39. The van der Waals surface area contributed by atoms with Gasteiger partial charge in [-0.3, -0.25) is 4.79 Å². The molecule has 7 nitrogen and oxygen atoms in total. The molecule has 0 aliphatic heterocycles. The van der Waals surface area contributed by atoms with Gasteiger partial charge in [-0.25, -0.2) is 8.42 Å². The van der Waals surface area contributed by atoms with Crippen molar-refractivity contribution in [2.24, 2.45) is 5.92 Å². The van der Waals surface area contributed by atoms with Crippen molar-refractivity contribution in [3.8, 4) is 11.5 Å². The summed E-state index contributed by atoms with van der Waals surface area (Å²) in [4.78, 5) is 11.8. The number of rotatable bonds is 8. The van der Waals surface area contributed by atoms with Gasteiger partial charge in [0.15, 0.2) is 0 Å². The Morgan fingerprint density at radius 1 is 1.26 bits per heavy atom. The number of carbonyl (C=O) groups is 1. The molecule has 130 valence electrons. The molecule has 0 aromatic heterocycles. The summed E-state index contributed by atoms with van der Waals surface area (Å²) in [5.41, 5.74) is 0. The number of benzene rings is 1. The van der Waals surface area contributed by atoms with Crippen LogP contribution in [-0.2, 0) is 14.8 Å². The van der Waals surface area contributed by atoms with Crippen LogP contribution in [0.3, 0.4) is 0 Å². The molecule has 1 amide bonds. The van der Waals surface area contributed by atoms with Crippen LogP contribution in [0.1, 0.15) is 13.8 Å². The Balaban J connectivity index is 2.99. The number of methoxy groups -OCH3 is 2. The average Bonchev–Trinajstić information content (AvgIpc) is 2.52. The molecule has 0 unspecified atom stereocenters. The van der Waals surface area contributed by atoms with Crippen LogP contribution in [0.15, 0.2) is 23.1 Å². The molecule has 1 aromatic rings. The molecule has 0 aliphatic rings. The highest BCUT2D eigenvalue weighted by molar-refractivity contribution is 7.89. The van der Waals surface area contributed by atoms with Crippen LogP contribution in [0.25, 0.3) is 0 Å². The van der Waals surface area contributed by atoms with Gasteiger partial charge in [-0.1, -0.05) is 13.8 Å². The van der Waals surface area contributed by atoms with E-state index in [0.29, 0.717) is 18.2 Å². The topological polar surface area (TPSA) is 84.9 Å². The second-order valence-electron chi connectivity index (χ2n) is 5.48. The van der Waals surface area contributed by atoms with Gasteiger partial charge in [-0.15, -0.1) is 0 Å². The molecular weight excluding hydrogens is 320 g/mol. The molecule has 8 heteroatoms. The first-order chi connectivity index (χ1) is 10.7. The average molecular weight is 344 g/mol. The van der Waals surface area contributed by atoms with Crippen LogP contribution in [0.4, 0.5) is 0 Å². The van der Waals surface area contributed by atoms with Gasteiger partial charge in [-0.2, -0.15) is 4.31 Å². The van der Waals surface area contributed by atoms with Crippen LogP contribution >= 0.6 is 0 Å². The molecule has 1 rings (SSSR count). The van der Waals surface area contributed by atoms with E-state index < -0.39 is 10.0 Å². The molecule has 0 aliphatic carbocycles. The maximum absolute atomic E-state index is 12.7. The number of hydrogen-bond donors (Lipinski definition) is 1. The third-order valence-electron chi connectivity index (χ3n) is 3.13. The fourth-order valence-electron chi connectivity index (χ4n) is 1.81. The zero-order valence-corrected chi connectivity index (χ0v) is 14.9. The molecule has 0 heterocycles. The Bertz CT molecular complexity index is 643. The molecule has 23 heavy (non-hydrogen) atoms. The zero-order valence-electron chi connectivity index (χ0n) is 14.1. The number of nitrogens with zero attached hydrogens (tertiary/aromatic N) is 1. The van der Waals surface area contributed by atoms with Gasteiger partial charge >= 0.3 is 0 Å². The summed E-state index contributed by atoms with van der Waals surface area (Å²) in [6.45, 7) is 4.15. The van der Waals surface area contributed by atoms with Crippen molar-refractivity contribution in [2.45, 2.75) is 18.7 Å². The van der Waals surface area contributed by atoms with Crippen LogP contribution in [0.5, 0.6) is 11.5 Å². The molecule has 0 atom stereocenters. The van der Waals surface area contributed by atoms with Gasteiger partial charge in [0, 0.05) is 19.7 Å². The number of carbonyl (C=O) groups excluding carboxylic acids is 1. The quantitative estimate of drug-likeness (QED) is 0.763. The second-order valence-corrected chi connectivity index (χ2v) is 7.49. The Kier molecular flexibility index (Phi) is 6.83. The van der Waals surface area contributed by atoms with Gasteiger partial charge < -0.3 is 14.8 Å². The van der Waals surface area contributed by atoms with Crippen LogP contribution in [-0.4, -0.2) is 53.0 Å². The Morgan fingerprint density at radius 2 is 1.91 bits per heavy atom. The van der Waals surface area contributed by atoms with Crippen molar-refractivity contribution < 1.29 is 22.7 Å². The van der Waals surface area contributed by atoms with E-state index in [-0.39, 0.29) is 23.1 Å². The predicted octanol–water partition coefficient (Wildman–Crippen LogP) is 1.10. The van der Waals surface area contributed by atoms with Gasteiger partial charge in [0.05, 0.1) is 20.8 Å². The van der Waals surface area contributed by atoms with E-state index in [1.54, 1.807) is 6.07 Å². The van der Waals surface area contributed by atoms with E-state index in [1.165, 1.54) is 33.4 Å². The molecule has 0 fully saturated rings. The number of sulfonamides is 1. The SMILES string of the molecule is COc1ccc(OC)c(S(=O)(=O)N(C)CC(=O)NCC(C)C)c1. The molecule has 1 N–H and O–H groups in total. The normalized spacial score (nSPS) is 11.6. The third-order valence-corrected chi connectivity index (χ3v) is 4.96. The monoisotopic (exact) mass is 344 g/mol. The highest BCUT2D eigenvalue weighted by Crippen LogP contribution is 2.29. The summed E-state index contributed by atoms with van der Waals surface area (Å²) in [6.07, 6.45) is 0. The predicted molar refractivity (Wildman–Crippen MR) is 87.2 cm³/mol. The lowest BCUT2D eigenvalue weighted by Gasteiger charge is -2.19. The van der Waals surface area contributed by atoms with Gasteiger partial charge in [0.25, 0.3) is 0 Å². The maximum Gasteiger partial charge on any atom is 0.247 e. The van der Waals surface area contributed by atoms with Crippen LogP contribution < -0.4 is 14.8 Å². The molecule has 0 saturated carbocycles. The number of ether oxygens (including phenoxy) is 2. The molecule has 1 aromatic carbocycles. The molecule has 0 spiro atoms. The van der Waals surface area contributed by atoms with Crippen molar-refractivity contribution in [3.63, 3.8) is 0 Å². The lowest BCUT2D eigenvalue weighted by molar-refractivity contribution is -0.121. The van der Waals surface area contributed by atoms with Gasteiger partial charge in [0.2, 0.25) is 15.9 Å². The maximum atomic E-state index is 12.7. The van der Waals surface area contributed by atoms with Crippen molar-refractivity contribution in [1.29, 1.82) is 0 Å². The van der Waals surface area contributed by atoms with Crippen LogP contribution in [0, 0.1) is 5.92 Å². The van der Waals surface area contributed by atoms with Crippen molar-refractivity contribution >= 4 is 15.9 Å². The van der Waals surface area contributed by atoms with E-state index in [0.717, 1.165) is 4.31 Å². The van der Waals surface area contributed by atoms with Crippen LogP contribution in [0.2, 0.25) is 0 Å². The smallest absolute Gasteiger partial charge is 0.247 e. The number of hydrogen-bond acceptors (Lipinski definition) is 5. The first-order valence-electron chi connectivity index (χ1n) is 7.17. The number of likely N-dealkylation sites (N-methyl/N-ethyl adjacent to an activating group) is 1. The summed E-state index contributed by atoms with van der Waals surface area (Å²) < 4.78 is 36.5. The highest BCUT2D eigenvalue weighted by Gasteiger charge is 2.27. The minimum Gasteiger partial charge on any atom is -0.497 e. The number of nitrogens with one attached hydrogen (secondary N) is 1. The van der Waals surface area contributed by atoms with Crippen molar-refractivity contribution in [1.82, 2.24) is 9.62 Å². The van der Waals surface area contributed by atoms with E-state index in [1.807, 2.05) is 13.8 Å². The minimum absolute atomic E-state index is 0.0430. The fraction of sp³-hybridized carbons (Fsp3) is 0.533. The first kappa shape index (κ1) is 19.2. The van der Waals surface area contributed by atoms with E-state index in [4.69, 9.17) is 9.47 Å². The summed E-state index contributed by atoms with van der Waals surface area (Å²) in [6, 6.07) is 4.49. The zero-order chi connectivity index (χ0) is 17.6. The first-order valence-corrected chi connectivity index (χ1v) is 8.61. The van der Waals surface area contributed by atoms with Crippen molar-refractivity contribution in [2.75, 3.05) is 34.4 Å². The second kappa shape index (κ2) is 8.16. The van der Waals surface area contributed by atoms with Crippen molar-refractivity contribution in [3.05, 3.63) is 18.2 Å². The van der Waals surface area contributed by atoms with E-state index in [2.05, 4.69) is 5.32 Å². The Morgan fingerprint density at radius 3 is 2.43 bits per heavy atom. The lowest BCUT2D eigenvalue weighted by atomic mass is 10.2. The summed E-state index contributed by atoms with van der Waals surface area (Å²) >= 11 is 0. The standard InChI is InChI=1S/C15H24N2O5S/c1-11(2)9-16-15(18)10-17(3)23(19,20)14-8-12(21-4)6-7-13(14)22-5/h6-8,11H,9-10H2,1-5H3,(H,16,18). The summed E-state index contributed by atoms with van der Waals surface area (Å²) in [5, 5.41) is 2.69. The minimum atomic E-state index is -3.88. The Hall–Kier alpha value is -1.80. The fourth-order valence-corrected chi connectivity index (χ4v) is 3.11. The molecule has 0 bridgehead atoms. The van der Waals surface area contributed by atoms with Gasteiger partial charge in [-0.05, 0) is 18.1 Å². The molecule has 0 radical (unpaired) electrons. The van der Waals surface area contributed by atoms with Gasteiger partial charge in [0.1, 0.15) is 16.4 Å². The number of amides is 1. The molecular formula is C15H24N2O5S. The van der Waals surface area contributed by atoms with E-state index >= 15 is 0 Å². The Labute approximate surface area is 137 Å². The van der Waals surface area contributed by atoms with E-state index in [9.17, 15) is 13.2 Å². The molecule has 0 saturated heterocycles.